The zero-order valence-electron chi connectivity index (χ0n) is 14.7. The Kier molecular flexibility index (Phi) is 4.34. The van der Waals surface area contributed by atoms with Crippen molar-refractivity contribution in [3.63, 3.8) is 0 Å². The van der Waals surface area contributed by atoms with Crippen LogP contribution in [0.1, 0.15) is 17.3 Å². The fraction of sp³-hybridized carbons (Fsp3) is 0.0909. The van der Waals surface area contributed by atoms with E-state index in [1.807, 2.05) is 66.7 Å². The number of hydrogen-bond acceptors (Lipinski definition) is 3. The number of benzene rings is 3. The Morgan fingerprint density at radius 2 is 1.70 bits per heavy atom. The SMILES string of the molecule is C[C@H](OC(=O)c1c[nH]c2ccccc12)C(=O)Nc1ccc2ccccc2c1. The third-order valence-corrected chi connectivity index (χ3v) is 4.48. The second-order valence-electron chi connectivity index (χ2n) is 6.35. The lowest BCUT2D eigenvalue weighted by molar-refractivity contribution is -0.123. The maximum atomic E-state index is 12.4. The zero-order valence-corrected chi connectivity index (χ0v) is 14.7. The lowest BCUT2D eigenvalue weighted by Gasteiger charge is -2.13. The Bertz CT molecular complexity index is 1150. The second kappa shape index (κ2) is 6.96. The van der Waals surface area contributed by atoms with Gasteiger partial charge in [-0.15, -0.1) is 0 Å². The molecule has 2 N–H and O–H groups in total. The first-order valence-electron chi connectivity index (χ1n) is 8.68. The van der Waals surface area contributed by atoms with E-state index in [-0.39, 0.29) is 5.91 Å². The second-order valence-corrected chi connectivity index (χ2v) is 6.35. The Balaban J connectivity index is 1.46. The summed E-state index contributed by atoms with van der Waals surface area (Å²) in [6.45, 7) is 1.56. The highest BCUT2D eigenvalue weighted by atomic mass is 16.5. The van der Waals surface area contributed by atoms with Gasteiger partial charge >= 0.3 is 5.97 Å². The van der Waals surface area contributed by atoms with Crippen molar-refractivity contribution in [1.29, 1.82) is 0 Å². The number of nitrogens with one attached hydrogen (secondary N) is 2. The number of carbonyl (C=O) groups is 2. The monoisotopic (exact) mass is 358 g/mol. The summed E-state index contributed by atoms with van der Waals surface area (Å²) in [6.07, 6.45) is 0.679. The summed E-state index contributed by atoms with van der Waals surface area (Å²) in [5, 5.41) is 5.68. The maximum Gasteiger partial charge on any atom is 0.341 e. The van der Waals surface area contributed by atoms with Crippen LogP contribution in [0.2, 0.25) is 0 Å². The summed E-state index contributed by atoms with van der Waals surface area (Å²) in [7, 11) is 0. The quantitative estimate of drug-likeness (QED) is 0.528. The van der Waals surface area contributed by atoms with Gasteiger partial charge < -0.3 is 15.0 Å². The van der Waals surface area contributed by atoms with Crippen LogP contribution in [0.4, 0.5) is 5.69 Å². The molecule has 0 unspecified atom stereocenters. The van der Waals surface area contributed by atoms with Crippen LogP contribution in [0.15, 0.2) is 72.9 Å². The largest absolute Gasteiger partial charge is 0.449 e. The van der Waals surface area contributed by atoms with Crippen LogP contribution in [0.3, 0.4) is 0 Å². The topological polar surface area (TPSA) is 71.2 Å². The predicted molar refractivity (Wildman–Crippen MR) is 106 cm³/mol. The van der Waals surface area contributed by atoms with Crippen molar-refractivity contribution in [2.45, 2.75) is 13.0 Å². The third kappa shape index (κ3) is 3.40. The van der Waals surface area contributed by atoms with Gasteiger partial charge in [-0.05, 0) is 35.9 Å². The first-order valence-corrected chi connectivity index (χ1v) is 8.68. The average Bonchev–Trinajstić information content (AvgIpc) is 3.12. The van der Waals surface area contributed by atoms with Crippen LogP contribution in [0, 0.1) is 0 Å². The highest BCUT2D eigenvalue weighted by molar-refractivity contribution is 6.05. The molecule has 1 heterocycles. The van der Waals surface area contributed by atoms with Crippen molar-refractivity contribution < 1.29 is 14.3 Å². The van der Waals surface area contributed by atoms with Crippen LogP contribution < -0.4 is 5.32 Å². The highest BCUT2D eigenvalue weighted by Gasteiger charge is 2.21. The van der Waals surface area contributed by atoms with Crippen LogP contribution >= 0.6 is 0 Å². The number of aromatic amines is 1. The van der Waals surface area contributed by atoms with Gasteiger partial charge in [0.1, 0.15) is 0 Å². The number of ether oxygens (including phenoxy) is 1. The van der Waals surface area contributed by atoms with E-state index in [1.54, 1.807) is 13.1 Å². The Labute approximate surface area is 156 Å². The van der Waals surface area contributed by atoms with E-state index in [1.165, 1.54) is 0 Å². The van der Waals surface area contributed by atoms with E-state index in [9.17, 15) is 9.59 Å². The minimum absolute atomic E-state index is 0.376. The van der Waals surface area contributed by atoms with Gasteiger partial charge in [-0.25, -0.2) is 4.79 Å². The fourth-order valence-electron chi connectivity index (χ4n) is 3.03. The normalized spacial score (nSPS) is 12.0. The van der Waals surface area contributed by atoms with Crippen LogP contribution in [0.5, 0.6) is 0 Å². The molecule has 0 saturated carbocycles. The lowest BCUT2D eigenvalue weighted by atomic mass is 10.1. The fourth-order valence-corrected chi connectivity index (χ4v) is 3.03. The van der Waals surface area contributed by atoms with E-state index < -0.39 is 12.1 Å². The van der Waals surface area contributed by atoms with Crippen LogP contribution in [-0.4, -0.2) is 23.0 Å². The molecule has 134 valence electrons. The smallest absolute Gasteiger partial charge is 0.341 e. The summed E-state index contributed by atoms with van der Waals surface area (Å²) in [6, 6.07) is 21.0. The third-order valence-electron chi connectivity index (χ3n) is 4.48. The number of hydrogen-bond donors (Lipinski definition) is 2. The summed E-state index contributed by atoms with van der Waals surface area (Å²) >= 11 is 0. The molecule has 5 nitrogen and oxygen atoms in total. The molecule has 0 saturated heterocycles. The molecule has 0 aliphatic carbocycles. The van der Waals surface area contributed by atoms with E-state index in [0.717, 1.165) is 21.7 Å². The minimum Gasteiger partial charge on any atom is -0.449 e. The van der Waals surface area contributed by atoms with Gasteiger partial charge in [0.05, 0.1) is 5.56 Å². The van der Waals surface area contributed by atoms with Crippen molar-refractivity contribution in [2.24, 2.45) is 0 Å². The molecule has 1 amide bonds. The molecule has 0 aliphatic heterocycles. The van der Waals surface area contributed by atoms with E-state index >= 15 is 0 Å². The van der Waals surface area contributed by atoms with E-state index in [4.69, 9.17) is 4.74 Å². The summed E-state index contributed by atoms with van der Waals surface area (Å²) < 4.78 is 5.35. The number of amides is 1. The first kappa shape index (κ1) is 16.8. The first-order chi connectivity index (χ1) is 13.1. The zero-order chi connectivity index (χ0) is 18.8. The van der Waals surface area contributed by atoms with Crippen molar-refractivity contribution in [3.05, 3.63) is 78.5 Å². The number of fused-ring (bicyclic) bond motifs is 2. The Morgan fingerprint density at radius 3 is 2.56 bits per heavy atom. The number of carbonyl (C=O) groups excluding carboxylic acids is 2. The van der Waals surface area contributed by atoms with Gasteiger partial charge in [0.25, 0.3) is 5.91 Å². The Hall–Kier alpha value is -3.60. The summed E-state index contributed by atoms with van der Waals surface area (Å²) in [5.74, 6) is -0.910. The maximum absolute atomic E-state index is 12.4. The summed E-state index contributed by atoms with van der Waals surface area (Å²) in [5.41, 5.74) is 1.92. The number of rotatable bonds is 4. The number of aromatic nitrogens is 1. The van der Waals surface area contributed by atoms with Crippen molar-refractivity contribution in [3.8, 4) is 0 Å². The predicted octanol–water partition coefficient (Wildman–Crippen LogP) is 4.51. The van der Waals surface area contributed by atoms with Gasteiger partial charge in [-0.1, -0.05) is 48.5 Å². The van der Waals surface area contributed by atoms with Gasteiger partial charge in [0.2, 0.25) is 0 Å². The molecule has 3 aromatic carbocycles. The number of para-hydroxylation sites is 1. The van der Waals surface area contributed by atoms with E-state index in [2.05, 4.69) is 10.3 Å². The molecule has 27 heavy (non-hydrogen) atoms. The molecule has 1 aromatic heterocycles. The van der Waals surface area contributed by atoms with Gasteiger partial charge in [-0.2, -0.15) is 0 Å². The average molecular weight is 358 g/mol. The highest BCUT2D eigenvalue weighted by Crippen LogP contribution is 2.21. The van der Waals surface area contributed by atoms with E-state index in [0.29, 0.717) is 11.3 Å². The molecule has 5 heteroatoms. The Morgan fingerprint density at radius 1 is 0.963 bits per heavy atom. The number of H-pyrrole nitrogens is 1. The molecule has 4 rings (SSSR count). The number of esters is 1. The summed E-state index contributed by atoms with van der Waals surface area (Å²) in [4.78, 5) is 27.9. The molecular weight excluding hydrogens is 340 g/mol. The van der Waals surface area contributed by atoms with Gasteiger partial charge in [0.15, 0.2) is 6.10 Å². The van der Waals surface area contributed by atoms with Crippen molar-refractivity contribution in [2.75, 3.05) is 5.32 Å². The molecule has 0 spiro atoms. The minimum atomic E-state index is -0.919. The molecule has 4 aromatic rings. The van der Waals surface area contributed by atoms with Crippen LogP contribution in [0.25, 0.3) is 21.7 Å². The molecule has 0 aliphatic rings. The van der Waals surface area contributed by atoms with Gasteiger partial charge in [0, 0.05) is 22.8 Å². The molecule has 0 bridgehead atoms. The molecular formula is C22H18N2O3. The molecule has 1 atom stereocenters. The van der Waals surface area contributed by atoms with Crippen LogP contribution in [-0.2, 0) is 9.53 Å². The van der Waals surface area contributed by atoms with Crippen molar-refractivity contribution in [1.82, 2.24) is 4.98 Å². The van der Waals surface area contributed by atoms with Crippen molar-refractivity contribution >= 4 is 39.2 Å². The molecule has 0 radical (unpaired) electrons. The standard InChI is InChI=1S/C22H18N2O3/c1-14(27-22(26)19-13-23-20-9-5-4-8-18(19)20)21(25)24-17-11-10-15-6-2-3-7-16(15)12-17/h2-14,23H,1H3,(H,24,25)/t14-/m0/s1. The molecule has 0 fully saturated rings. The lowest BCUT2D eigenvalue weighted by Crippen LogP contribution is -2.29. The number of anilines is 1. The van der Waals surface area contributed by atoms with Gasteiger partial charge in [-0.3, -0.25) is 4.79 Å².